The highest BCUT2D eigenvalue weighted by Crippen LogP contribution is 2.32. The number of carbonyl (C=O) groups is 1. The maximum Gasteiger partial charge on any atom is 0.231 e. The minimum absolute atomic E-state index is 0.0509. The summed E-state index contributed by atoms with van der Waals surface area (Å²) in [5.74, 6) is 0.844. The van der Waals surface area contributed by atoms with Crippen molar-refractivity contribution in [3.8, 4) is 11.3 Å². The van der Waals surface area contributed by atoms with E-state index in [1.165, 1.54) is 0 Å². The lowest BCUT2D eigenvalue weighted by molar-refractivity contribution is -0.120. The second-order valence-corrected chi connectivity index (χ2v) is 6.84. The Hall–Kier alpha value is -2.73. The monoisotopic (exact) mass is 367 g/mol. The van der Waals surface area contributed by atoms with E-state index in [1.807, 2.05) is 25.1 Å². The number of pyridine rings is 2. The molecule has 3 aromatic heterocycles. The maximum absolute atomic E-state index is 12.9. The Morgan fingerprint density at radius 2 is 2.08 bits per heavy atom. The average Bonchev–Trinajstić information content (AvgIpc) is 3.21. The van der Waals surface area contributed by atoms with Crippen LogP contribution in [0.3, 0.4) is 0 Å². The number of amides is 1. The molecule has 3 aromatic rings. The molecular formula is C19H18ClN5O. The molecular weight excluding hydrogens is 350 g/mol. The van der Waals surface area contributed by atoms with Gasteiger partial charge in [-0.1, -0.05) is 17.7 Å². The first-order valence-corrected chi connectivity index (χ1v) is 8.88. The molecule has 0 bridgehead atoms. The zero-order valence-corrected chi connectivity index (χ0v) is 15.1. The van der Waals surface area contributed by atoms with Crippen molar-refractivity contribution in [2.24, 2.45) is 5.92 Å². The fraction of sp³-hybridized carbons (Fsp3) is 0.263. The molecule has 6 nitrogen and oxygen atoms in total. The van der Waals surface area contributed by atoms with Crippen molar-refractivity contribution < 1.29 is 4.79 Å². The fourth-order valence-electron chi connectivity index (χ4n) is 3.40. The number of H-pyrrole nitrogens is 1. The summed E-state index contributed by atoms with van der Waals surface area (Å²) in [5.41, 5.74) is 3.82. The topological polar surface area (TPSA) is 74.8 Å². The summed E-state index contributed by atoms with van der Waals surface area (Å²) in [6, 6.07) is 7.51. The van der Waals surface area contributed by atoms with Gasteiger partial charge in [-0.05, 0) is 43.5 Å². The lowest BCUT2D eigenvalue weighted by Gasteiger charge is -2.16. The molecule has 1 atom stereocenters. The summed E-state index contributed by atoms with van der Waals surface area (Å²) < 4.78 is 0. The van der Waals surface area contributed by atoms with Crippen LogP contribution in [0.4, 0.5) is 5.82 Å². The standard InChI is InChI=1S/C19H18ClN5O/c1-12-17(14-4-7-21-8-5-14)23-24-18(12)25-9-6-15(19(25)26)10-13-2-3-16(20)22-11-13/h2-5,7-8,11,15H,6,9-10H2,1H3,(H,23,24)/t15-/m0/s1. The van der Waals surface area contributed by atoms with E-state index in [0.29, 0.717) is 18.1 Å². The van der Waals surface area contributed by atoms with E-state index in [2.05, 4.69) is 20.2 Å². The van der Waals surface area contributed by atoms with E-state index in [1.54, 1.807) is 29.6 Å². The molecule has 26 heavy (non-hydrogen) atoms. The van der Waals surface area contributed by atoms with Crippen LogP contribution in [0.1, 0.15) is 17.5 Å². The van der Waals surface area contributed by atoms with E-state index in [-0.39, 0.29) is 11.8 Å². The number of hydrogen-bond donors (Lipinski definition) is 1. The summed E-state index contributed by atoms with van der Waals surface area (Å²) in [4.78, 5) is 22.8. The number of carbonyl (C=O) groups excluding carboxylic acids is 1. The molecule has 0 radical (unpaired) electrons. The molecule has 4 rings (SSSR count). The van der Waals surface area contributed by atoms with Gasteiger partial charge in [0.25, 0.3) is 0 Å². The molecule has 7 heteroatoms. The van der Waals surface area contributed by atoms with Crippen LogP contribution in [0.2, 0.25) is 5.15 Å². The van der Waals surface area contributed by atoms with Crippen LogP contribution in [0.15, 0.2) is 42.9 Å². The van der Waals surface area contributed by atoms with Crippen LogP contribution in [-0.4, -0.2) is 32.6 Å². The van der Waals surface area contributed by atoms with Crippen LogP contribution in [0, 0.1) is 12.8 Å². The van der Waals surface area contributed by atoms with Crippen LogP contribution in [0.5, 0.6) is 0 Å². The highest BCUT2D eigenvalue weighted by molar-refractivity contribution is 6.29. The van der Waals surface area contributed by atoms with Gasteiger partial charge in [0.05, 0.1) is 5.69 Å². The quantitative estimate of drug-likeness (QED) is 0.717. The minimum atomic E-state index is -0.0509. The van der Waals surface area contributed by atoms with Crippen molar-refractivity contribution in [3.05, 3.63) is 59.1 Å². The number of rotatable bonds is 4. The normalized spacial score (nSPS) is 17.1. The van der Waals surface area contributed by atoms with E-state index in [0.717, 1.165) is 34.6 Å². The van der Waals surface area contributed by atoms with Gasteiger partial charge in [0.2, 0.25) is 5.91 Å². The molecule has 4 heterocycles. The zero-order chi connectivity index (χ0) is 18.1. The molecule has 1 aliphatic rings. The molecule has 0 aromatic carbocycles. The number of nitrogens with one attached hydrogen (secondary N) is 1. The molecule has 1 saturated heterocycles. The van der Waals surface area contributed by atoms with Gasteiger partial charge in [0.15, 0.2) is 0 Å². The zero-order valence-electron chi connectivity index (χ0n) is 14.3. The number of halogens is 1. The van der Waals surface area contributed by atoms with Gasteiger partial charge in [0, 0.05) is 42.2 Å². The third-order valence-corrected chi connectivity index (χ3v) is 5.02. The predicted octanol–water partition coefficient (Wildman–Crippen LogP) is 3.42. The lowest BCUT2D eigenvalue weighted by Crippen LogP contribution is -2.28. The third-order valence-electron chi connectivity index (χ3n) is 4.79. The van der Waals surface area contributed by atoms with Crippen molar-refractivity contribution in [3.63, 3.8) is 0 Å². The molecule has 0 aliphatic carbocycles. The van der Waals surface area contributed by atoms with Gasteiger partial charge in [-0.2, -0.15) is 5.10 Å². The summed E-state index contributed by atoms with van der Waals surface area (Å²) in [7, 11) is 0. The van der Waals surface area contributed by atoms with Crippen molar-refractivity contribution >= 4 is 23.3 Å². The predicted molar refractivity (Wildman–Crippen MR) is 100.0 cm³/mol. The molecule has 0 spiro atoms. The Labute approximate surface area is 156 Å². The summed E-state index contributed by atoms with van der Waals surface area (Å²) in [6.45, 7) is 2.67. The first kappa shape index (κ1) is 16.7. The summed E-state index contributed by atoms with van der Waals surface area (Å²) >= 11 is 5.83. The number of anilines is 1. The molecule has 0 unspecified atom stereocenters. The number of aromatic nitrogens is 4. The maximum atomic E-state index is 12.9. The van der Waals surface area contributed by atoms with Crippen LogP contribution in [-0.2, 0) is 11.2 Å². The molecule has 0 saturated carbocycles. The van der Waals surface area contributed by atoms with E-state index < -0.39 is 0 Å². The highest BCUT2D eigenvalue weighted by atomic mass is 35.5. The smallest absolute Gasteiger partial charge is 0.231 e. The van der Waals surface area contributed by atoms with Gasteiger partial charge >= 0.3 is 0 Å². The first-order valence-electron chi connectivity index (χ1n) is 8.50. The van der Waals surface area contributed by atoms with Crippen LogP contribution in [0.25, 0.3) is 11.3 Å². The van der Waals surface area contributed by atoms with Crippen molar-refractivity contribution in [1.29, 1.82) is 0 Å². The van der Waals surface area contributed by atoms with Crippen molar-refractivity contribution in [1.82, 2.24) is 20.2 Å². The lowest BCUT2D eigenvalue weighted by atomic mass is 9.99. The SMILES string of the molecule is Cc1c(-c2ccncc2)n[nH]c1N1CC[C@@H](Cc2ccc(Cl)nc2)C1=O. The molecule has 132 valence electrons. The fourth-order valence-corrected chi connectivity index (χ4v) is 3.52. The van der Waals surface area contributed by atoms with E-state index >= 15 is 0 Å². The number of nitrogens with zero attached hydrogens (tertiary/aromatic N) is 4. The largest absolute Gasteiger partial charge is 0.297 e. The molecule has 1 amide bonds. The molecule has 1 fully saturated rings. The number of hydrogen-bond acceptors (Lipinski definition) is 4. The molecule has 1 N–H and O–H groups in total. The van der Waals surface area contributed by atoms with Crippen molar-refractivity contribution in [2.45, 2.75) is 19.8 Å². The Morgan fingerprint density at radius 1 is 1.27 bits per heavy atom. The van der Waals surface area contributed by atoms with Crippen LogP contribution >= 0.6 is 11.6 Å². The highest BCUT2D eigenvalue weighted by Gasteiger charge is 2.34. The van der Waals surface area contributed by atoms with E-state index in [9.17, 15) is 4.79 Å². The second kappa shape index (κ2) is 6.88. The van der Waals surface area contributed by atoms with Crippen molar-refractivity contribution in [2.75, 3.05) is 11.4 Å². The van der Waals surface area contributed by atoms with Gasteiger partial charge in [-0.3, -0.25) is 19.8 Å². The second-order valence-electron chi connectivity index (χ2n) is 6.45. The Kier molecular flexibility index (Phi) is 4.42. The first-order chi connectivity index (χ1) is 12.6. The Bertz CT molecular complexity index is 923. The molecule has 1 aliphatic heterocycles. The summed E-state index contributed by atoms with van der Waals surface area (Å²) in [5, 5.41) is 7.92. The summed E-state index contributed by atoms with van der Waals surface area (Å²) in [6.07, 6.45) is 6.69. The van der Waals surface area contributed by atoms with Crippen LogP contribution < -0.4 is 4.90 Å². The van der Waals surface area contributed by atoms with Gasteiger partial charge in [-0.25, -0.2) is 4.98 Å². The van der Waals surface area contributed by atoms with E-state index in [4.69, 9.17) is 11.6 Å². The number of aromatic amines is 1. The Morgan fingerprint density at radius 3 is 2.81 bits per heavy atom. The van der Waals surface area contributed by atoms with Gasteiger partial charge in [0.1, 0.15) is 11.0 Å². The average molecular weight is 368 g/mol. The minimum Gasteiger partial charge on any atom is -0.297 e. The van der Waals surface area contributed by atoms with Gasteiger partial charge < -0.3 is 0 Å². The third kappa shape index (κ3) is 3.08. The van der Waals surface area contributed by atoms with Gasteiger partial charge in [-0.15, -0.1) is 0 Å². The Balaban J connectivity index is 1.53.